The van der Waals surface area contributed by atoms with Gasteiger partial charge in [-0.15, -0.1) is 10.2 Å². The Labute approximate surface area is 105 Å². The smallest absolute Gasteiger partial charge is 0.313 e. The molecule has 0 saturated heterocycles. The van der Waals surface area contributed by atoms with Crippen LogP contribution in [-0.2, 0) is 12.7 Å². The molecule has 0 spiro atoms. The van der Waals surface area contributed by atoms with Crippen LogP contribution in [0.4, 0.5) is 13.2 Å². The first-order valence-corrected chi connectivity index (χ1v) is 5.83. The second-order valence-corrected chi connectivity index (χ2v) is 4.52. The van der Waals surface area contributed by atoms with Crippen molar-refractivity contribution in [3.63, 3.8) is 0 Å². The molecule has 0 saturated carbocycles. The van der Waals surface area contributed by atoms with Gasteiger partial charge in [0.15, 0.2) is 5.01 Å². The summed E-state index contributed by atoms with van der Waals surface area (Å²) in [5, 5.41) is 12.0. The molecule has 0 amide bonds. The van der Waals surface area contributed by atoms with Gasteiger partial charge in [-0.25, -0.2) is 0 Å². The molecule has 0 aliphatic heterocycles. The average Bonchev–Trinajstić information content (AvgIpc) is 2.77. The van der Waals surface area contributed by atoms with Crippen LogP contribution in [0.25, 0.3) is 10.7 Å². The van der Waals surface area contributed by atoms with Crippen molar-refractivity contribution in [2.75, 3.05) is 7.05 Å². The van der Waals surface area contributed by atoms with E-state index in [1.807, 2.05) is 0 Å². The van der Waals surface area contributed by atoms with Crippen LogP contribution in [-0.4, -0.2) is 22.2 Å². The maximum atomic E-state index is 12.4. The molecule has 0 aliphatic carbocycles. The van der Waals surface area contributed by atoms with Gasteiger partial charge in [-0.3, -0.25) is 4.98 Å². The molecular formula is C10H9F3N4S. The molecule has 0 atom stereocenters. The Bertz CT molecular complexity index is 521. The molecule has 0 aromatic carbocycles. The normalized spacial score (nSPS) is 11.8. The Morgan fingerprint density at radius 3 is 2.61 bits per heavy atom. The molecule has 0 unspecified atom stereocenters. The van der Waals surface area contributed by atoms with Gasteiger partial charge >= 0.3 is 6.18 Å². The minimum Gasteiger partial charge on any atom is -0.313 e. The van der Waals surface area contributed by atoms with Crippen LogP contribution in [0.15, 0.2) is 18.3 Å². The lowest BCUT2D eigenvalue weighted by atomic mass is 10.2. The molecule has 2 aromatic heterocycles. The first kappa shape index (κ1) is 12.9. The van der Waals surface area contributed by atoms with Crippen LogP contribution in [0, 0.1) is 0 Å². The standard InChI is InChI=1S/C10H9F3N4S/c1-14-5-8-16-17-9(18-8)7-3-2-6(4-15-7)10(11,12)13/h2-4,14H,5H2,1H3. The van der Waals surface area contributed by atoms with Gasteiger partial charge in [0.2, 0.25) is 0 Å². The van der Waals surface area contributed by atoms with Gasteiger partial charge < -0.3 is 5.32 Å². The highest BCUT2D eigenvalue weighted by Gasteiger charge is 2.30. The molecule has 0 aliphatic rings. The lowest BCUT2D eigenvalue weighted by Gasteiger charge is -2.05. The van der Waals surface area contributed by atoms with Crippen LogP contribution < -0.4 is 5.32 Å². The van der Waals surface area contributed by atoms with Gasteiger partial charge in [0.1, 0.15) is 10.7 Å². The van der Waals surface area contributed by atoms with Crippen molar-refractivity contribution in [3.05, 3.63) is 28.9 Å². The molecule has 2 rings (SSSR count). The third kappa shape index (κ3) is 2.82. The number of hydrogen-bond acceptors (Lipinski definition) is 5. The summed E-state index contributed by atoms with van der Waals surface area (Å²) in [5.41, 5.74) is -0.380. The zero-order chi connectivity index (χ0) is 13.2. The van der Waals surface area contributed by atoms with Crippen molar-refractivity contribution in [3.8, 4) is 10.7 Å². The summed E-state index contributed by atoms with van der Waals surface area (Å²) >= 11 is 1.30. The fraction of sp³-hybridized carbons (Fsp3) is 0.300. The molecule has 0 fully saturated rings. The Morgan fingerprint density at radius 1 is 1.28 bits per heavy atom. The zero-order valence-corrected chi connectivity index (χ0v) is 10.1. The SMILES string of the molecule is CNCc1nnc(-c2ccc(C(F)(F)F)cn2)s1. The third-order valence-corrected chi connectivity index (χ3v) is 3.05. The van der Waals surface area contributed by atoms with E-state index in [0.717, 1.165) is 17.3 Å². The highest BCUT2D eigenvalue weighted by Crippen LogP contribution is 2.30. The Morgan fingerprint density at radius 2 is 2.06 bits per heavy atom. The van der Waals surface area contributed by atoms with Crippen molar-refractivity contribution in [1.82, 2.24) is 20.5 Å². The first-order chi connectivity index (χ1) is 8.50. The fourth-order valence-electron chi connectivity index (χ4n) is 1.27. The Hall–Kier alpha value is -1.54. The summed E-state index contributed by atoms with van der Waals surface area (Å²) in [6.45, 7) is 0.568. The minimum atomic E-state index is -4.37. The highest BCUT2D eigenvalue weighted by atomic mass is 32.1. The first-order valence-electron chi connectivity index (χ1n) is 5.01. The van der Waals surface area contributed by atoms with Crippen molar-refractivity contribution in [2.24, 2.45) is 0 Å². The summed E-state index contributed by atoms with van der Waals surface area (Å²) in [7, 11) is 1.78. The topological polar surface area (TPSA) is 50.7 Å². The molecule has 4 nitrogen and oxygen atoms in total. The monoisotopic (exact) mass is 274 g/mol. The average molecular weight is 274 g/mol. The molecule has 2 heterocycles. The summed E-state index contributed by atoms with van der Waals surface area (Å²) in [6, 6.07) is 2.29. The Kier molecular flexibility index (Phi) is 3.58. The largest absolute Gasteiger partial charge is 0.417 e. The molecule has 8 heteroatoms. The molecule has 2 aromatic rings. The van der Waals surface area contributed by atoms with Crippen molar-refractivity contribution >= 4 is 11.3 Å². The van der Waals surface area contributed by atoms with Crippen molar-refractivity contribution in [2.45, 2.75) is 12.7 Å². The summed E-state index contributed by atoms with van der Waals surface area (Å²) in [6.07, 6.45) is -3.57. The van der Waals surface area contributed by atoms with Crippen molar-refractivity contribution in [1.29, 1.82) is 0 Å². The van der Waals surface area contributed by atoms with E-state index in [1.54, 1.807) is 7.05 Å². The number of alkyl halides is 3. The van der Waals surface area contributed by atoms with E-state index in [2.05, 4.69) is 20.5 Å². The lowest BCUT2D eigenvalue weighted by molar-refractivity contribution is -0.137. The summed E-state index contributed by atoms with van der Waals surface area (Å²) < 4.78 is 37.1. The quantitative estimate of drug-likeness (QED) is 0.933. The van der Waals surface area contributed by atoms with Gasteiger partial charge in [0, 0.05) is 12.7 Å². The molecule has 18 heavy (non-hydrogen) atoms. The van der Waals surface area contributed by atoms with Crippen LogP contribution >= 0.6 is 11.3 Å². The Balaban J connectivity index is 2.23. The van der Waals surface area contributed by atoms with Crippen LogP contribution in [0.1, 0.15) is 10.6 Å². The highest BCUT2D eigenvalue weighted by molar-refractivity contribution is 7.14. The van der Waals surface area contributed by atoms with E-state index >= 15 is 0 Å². The van der Waals surface area contributed by atoms with Gasteiger partial charge in [0.05, 0.1) is 5.56 Å². The number of aromatic nitrogens is 3. The van der Waals surface area contributed by atoms with Crippen LogP contribution in [0.5, 0.6) is 0 Å². The molecule has 0 bridgehead atoms. The fourth-order valence-corrected chi connectivity index (χ4v) is 2.10. The second kappa shape index (κ2) is 4.99. The number of nitrogens with zero attached hydrogens (tertiary/aromatic N) is 3. The van der Waals surface area contributed by atoms with E-state index in [1.165, 1.54) is 17.4 Å². The van der Waals surface area contributed by atoms with Crippen LogP contribution in [0.3, 0.4) is 0 Å². The molecule has 96 valence electrons. The number of nitrogens with one attached hydrogen (secondary N) is 1. The third-order valence-electron chi connectivity index (χ3n) is 2.10. The van der Waals surface area contributed by atoms with Gasteiger partial charge in [0.25, 0.3) is 0 Å². The molecule has 0 radical (unpaired) electrons. The van der Waals surface area contributed by atoms with Gasteiger partial charge in [-0.1, -0.05) is 11.3 Å². The van der Waals surface area contributed by atoms with E-state index in [9.17, 15) is 13.2 Å². The number of halogens is 3. The minimum absolute atomic E-state index is 0.392. The lowest BCUT2D eigenvalue weighted by Crippen LogP contribution is -2.05. The van der Waals surface area contributed by atoms with E-state index < -0.39 is 11.7 Å². The van der Waals surface area contributed by atoms with Crippen LogP contribution in [0.2, 0.25) is 0 Å². The predicted molar refractivity (Wildman–Crippen MR) is 60.9 cm³/mol. The second-order valence-electron chi connectivity index (χ2n) is 3.46. The van der Waals surface area contributed by atoms with E-state index in [0.29, 0.717) is 17.2 Å². The molecule has 1 N–H and O–H groups in total. The maximum Gasteiger partial charge on any atom is 0.417 e. The van der Waals surface area contributed by atoms with Gasteiger partial charge in [-0.05, 0) is 19.2 Å². The summed E-state index contributed by atoms with van der Waals surface area (Å²) in [4.78, 5) is 3.76. The zero-order valence-electron chi connectivity index (χ0n) is 9.32. The number of rotatable bonds is 3. The predicted octanol–water partition coefficient (Wildman–Crippen LogP) is 2.34. The van der Waals surface area contributed by atoms with Crippen molar-refractivity contribution < 1.29 is 13.2 Å². The van der Waals surface area contributed by atoms with E-state index in [4.69, 9.17) is 0 Å². The molecular weight excluding hydrogens is 265 g/mol. The number of pyridine rings is 1. The summed E-state index contributed by atoms with van der Waals surface area (Å²) in [5.74, 6) is 0. The maximum absolute atomic E-state index is 12.4. The van der Waals surface area contributed by atoms with Gasteiger partial charge in [-0.2, -0.15) is 13.2 Å². The van der Waals surface area contributed by atoms with E-state index in [-0.39, 0.29) is 0 Å². The number of hydrogen-bond donors (Lipinski definition) is 1.